The SMILES string of the molecule is CCN(CC1CCCCN1)c1nccc(OC)n1. The van der Waals surface area contributed by atoms with Gasteiger partial charge in [0.25, 0.3) is 0 Å². The van der Waals surface area contributed by atoms with Gasteiger partial charge in [-0.25, -0.2) is 4.98 Å². The van der Waals surface area contributed by atoms with Crippen LogP contribution in [0.5, 0.6) is 5.88 Å². The van der Waals surface area contributed by atoms with Crippen molar-refractivity contribution in [1.29, 1.82) is 0 Å². The van der Waals surface area contributed by atoms with E-state index in [0.29, 0.717) is 11.9 Å². The lowest BCUT2D eigenvalue weighted by atomic mass is 10.0. The van der Waals surface area contributed by atoms with Crippen LogP contribution in [0.1, 0.15) is 26.2 Å². The van der Waals surface area contributed by atoms with Crippen LogP contribution in [0.15, 0.2) is 12.3 Å². The first-order valence-corrected chi connectivity index (χ1v) is 6.69. The minimum Gasteiger partial charge on any atom is -0.481 e. The van der Waals surface area contributed by atoms with E-state index < -0.39 is 0 Å². The molecule has 0 aliphatic carbocycles. The molecule has 100 valence electrons. The number of aromatic nitrogens is 2. The van der Waals surface area contributed by atoms with Crippen molar-refractivity contribution in [2.24, 2.45) is 0 Å². The van der Waals surface area contributed by atoms with Gasteiger partial charge in [0.15, 0.2) is 0 Å². The highest BCUT2D eigenvalue weighted by atomic mass is 16.5. The monoisotopic (exact) mass is 250 g/mol. The summed E-state index contributed by atoms with van der Waals surface area (Å²) in [5.41, 5.74) is 0. The van der Waals surface area contributed by atoms with Crippen LogP contribution in [0.4, 0.5) is 5.95 Å². The Morgan fingerprint density at radius 2 is 2.39 bits per heavy atom. The molecule has 0 aromatic carbocycles. The van der Waals surface area contributed by atoms with Gasteiger partial charge in [0.1, 0.15) is 0 Å². The summed E-state index contributed by atoms with van der Waals surface area (Å²) in [4.78, 5) is 10.9. The second-order valence-electron chi connectivity index (χ2n) is 4.58. The molecule has 1 fully saturated rings. The first-order chi connectivity index (χ1) is 8.83. The van der Waals surface area contributed by atoms with Gasteiger partial charge in [-0.05, 0) is 26.3 Å². The van der Waals surface area contributed by atoms with Crippen molar-refractivity contribution in [3.63, 3.8) is 0 Å². The van der Waals surface area contributed by atoms with E-state index in [1.807, 2.05) is 0 Å². The van der Waals surface area contributed by atoms with Crippen LogP contribution in [-0.4, -0.2) is 42.8 Å². The molecule has 1 aliphatic heterocycles. The zero-order chi connectivity index (χ0) is 12.8. The number of likely N-dealkylation sites (N-methyl/N-ethyl adjacent to an activating group) is 1. The molecular weight excluding hydrogens is 228 g/mol. The summed E-state index contributed by atoms with van der Waals surface area (Å²) in [6, 6.07) is 2.32. The van der Waals surface area contributed by atoms with Crippen molar-refractivity contribution in [3.05, 3.63) is 12.3 Å². The Hall–Kier alpha value is -1.36. The fourth-order valence-electron chi connectivity index (χ4n) is 2.30. The highest BCUT2D eigenvalue weighted by Crippen LogP contribution is 2.15. The lowest BCUT2D eigenvalue weighted by Crippen LogP contribution is -2.44. The van der Waals surface area contributed by atoms with Gasteiger partial charge in [0.05, 0.1) is 7.11 Å². The van der Waals surface area contributed by atoms with E-state index in [1.54, 1.807) is 19.4 Å². The number of hydrogen-bond donors (Lipinski definition) is 1. The number of ether oxygens (including phenoxy) is 1. The van der Waals surface area contributed by atoms with Crippen LogP contribution in [0.25, 0.3) is 0 Å². The number of nitrogens with zero attached hydrogens (tertiary/aromatic N) is 3. The molecule has 5 nitrogen and oxygen atoms in total. The average Bonchev–Trinajstić information content (AvgIpc) is 2.46. The molecule has 1 N–H and O–H groups in total. The molecule has 5 heteroatoms. The van der Waals surface area contributed by atoms with Gasteiger partial charge < -0.3 is 15.0 Å². The van der Waals surface area contributed by atoms with E-state index in [4.69, 9.17) is 4.74 Å². The predicted molar refractivity (Wildman–Crippen MR) is 72.1 cm³/mol. The molecule has 1 atom stereocenters. The van der Waals surface area contributed by atoms with E-state index in [0.717, 1.165) is 25.6 Å². The van der Waals surface area contributed by atoms with Crippen molar-refractivity contribution < 1.29 is 4.74 Å². The first-order valence-electron chi connectivity index (χ1n) is 6.69. The Balaban J connectivity index is 2.02. The summed E-state index contributed by atoms with van der Waals surface area (Å²) < 4.78 is 5.15. The molecule has 1 aromatic heterocycles. The third-order valence-electron chi connectivity index (χ3n) is 3.34. The van der Waals surface area contributed by atoms with Crippen molar-refractivity contribution in [2.75, 3.05) is 31.6 Å². The summed E-state index contributed by atoms with van der Waals surface area (Å²) in [6.07, 6.45) is 5.59. The fraction of sp³-hybridized carbons (Fsp3) is 0.692. The maximum atomic E-state index is 5.15. The summed E-state index contributed by atoms with van der Waals surface area (Å²) in [6.45, 7) is 5.13. The van der Waals surface area contributed by atoms with Crippen LogP contribution in [0, 0.1) is 0 Å². The number of methoxy groups -OCH3 is 1. The number of rotatable bonds is 5. The Bertz CT molecular complexity index is 366. The molecule has 1 unspecified atom stereocenters. The third kappa shape index (κ3) is 3.32. The van der Waals surface area contributed by atoms with Gasteiger partial charge in [-0.2, -0.15) is 4.98 Å². The average molecular weight is 250 g/mol. The molecule has 0 bridgehead atoms. The van der Waals surface area contributed by atoms with E-state index >= 15 is 0 Å². The minimum atomic E-state index is 0.550. The van der Waals surface area contributed by atoms with Crippen LogP contribution in [0.3, 0.4) is 0 Å². The molecule has 2 rings (SSSR count). The molecule has 0 radical (unpaired) electrons. The molecule has 1 aromatic rings. The summed E-state index contributed by atoms with van der Waals surface area (Å²) in [5, 5.41) is 3.55. The highest BCUT2D eigenvalue weighted by molar-refractivity contribution is 5.32. The minimum absolute atomic E-state index is 0.550. The van der Waals surface area contributed by atoms with Crippen molar-refractivity contribution in [3.8, 4) is 5.88 Å². The zero-order valence-electron chi connectivity index (χ0n) is 11.2. The van der Waals surface area contributed by atoms with E-state index in [-0.39, 0.29) is 0 Å². The topological polar surface area (TPSA) is 50.3 Å². The normalized spacial score (nSPS) is 19.6. The molecule has 2 heterocycles. The molecule has 18 heavy (non-hydrogen) atoms. The van der Waals surface area contributed by atoms with Gasteiger partial charge in [-0.1, -0.05) is 6.42 Å². The second kappa shape index (κ2) is 6.54. The largest absolute Gasteiger partial charge is 0.481 e. The molecule has 0 spiro atoms. The van der Waals surface area contributed by atoms with E-state index in [1.165, 1.54) is 19.3 Å². The summed E-state index contributed by atoms with van der Waals surface area (Å²) in [7, 11) is 1.63. The van der Waals surface area contributed by atoms with Gasteiger partial charge >= 0.3 is 0 Å². The quantitative estimate of drug-likeness (QED) is 0.857. The Kier molecular flexibility index (Phi) is 4.75. The molecule has 0 amide bonds. The number of anilines is 1. The van der Waals surface area contributed by atoms with Gasteiger partial charge in [-0.15, -0.1) is 0 Å². The van der Waals surface area contributed by atoms with Gasteiger partial charge in [-0.3, -0.25) is 0 Å². The Labute approximate surface area is 109 Å². The van der Waals surface area contributed by atoms with Crippen molar-refractivity contribution in [1.82, 2.24) is 15.3 Å². The molecule has 1 saturated heterocycles. The standard InChI is InChI=1S/C13H22N4O/c1-3-17(10-11-6-4-5-8-14-11)13-15-9-7-12(16-13)18-2/h7,9,11,14H,3-6,8,10H2,1-2H3. The number of piperidine rings is 1. The number of nitrogens with one attached hydrogen (secondary N) is 1. The van der Waals surface area contributed by atoms with Crippen LogP contribution < -0.4 is 15.0 Å². The first kappa shape index (κ1) is 13.1. The van der Waals surface area contributed by atoms with Crippen LogP contribution >= 0.6 is 0 Å². The van der Waals surface area contributed by atoms with E-state index in [9.17, 15) is 0 Å². The third-order valence-corrected chi connectivity index (χ3v) is 3.34. The fourth-order valence-corrected chi connectivity index (χ4v) is 2.30. The maximum Gasteiger partial charge on any atom is 0.228 e. The van der Waals surface area contributed by atoms with Crippen LogP contribution in [-0.2, 0) is 0 Å². The van der Waals surface area contributed by atoms with Crippen molar-refractivity contribution in [2.45, 2.75) is 32.2 Å². The smallest absolute Gasteiger partial charge is 0.228 e. The van der Waals surface area contributed by atoms with Gasteiger partial charge in [0, 0.05) is 31.4 Å². The lowest BCUT2D eigenvalue weighted by Gasteiger charge is -2.29. The zero-order valence-corrected chi connectivity index (χ0v) is 11.2. The van der Waals surface area contributed by atoms with Gasteiger partial charge in [0.2, 0.25) is 11.8 Å². The number of hydrogen-bond acceptors (Lipinski definition) is 5. The summed E-state index contributed by atoms with van der Waals surface area (Å²) in [5.74, 6) is 1.37. The van der Waals surface area contributed by atoms with Crippen LogP contribution in [0.2, 0.25) is 0 Å². The molecule has 1 aliphatic rings. The molecular formula is C13H22N4O. The predicted octanol–water partition coefficient (Wildman–Crippen LogP) is 1.45. The van der Waals surface area contributed by atoms with E-state index in [2.05, 4.69) is 27.1 Å². The second-order valence-corrected chi connectivity index (χ2v) is 4.58. The Morgan fingerprint density at radius 1 is 1.50 bits per heavy atom. The van der Waals surface area contributed by atoms with Crippen molar-refractivity contribution >= 4 is 5.95 Å². The maximum absolute atomic E-state index is 5.15. The summed E-state index contributed by atoms with van der Waals surface area (Å²) >= 11 is 0. The lowest BCUT2D eigenvalue weighted by molar-refractivity contribution is 0.390. The Morgan fingerprint density at radius 3 is 3.06 bits per heavy atom. The highest BCUT2D eigenvalue weighted by Gasteiger charge is 2.17. The molecule has 0 saturated carbocycles.